The van der Waals surface area contributed by atoms with Crippen LogP contribution in [0.15, 0.2) is 24.3 Å². The molecule has 2 rings (SSSR count). The molecule has 0 radical (unpaired) electrons. The molecule has 3 nitrogen and oxygen atoms in total. The molecule has 1 fully saturated rings. The number of piperidine rings is 1. The Hall–Kier alpha value is -1.50. The lowest BCUT2D eigenvalue weighted by Crippen LogP contribution is -2.41. The van der Waals surface area contributed by atoms with Gasteiger partial charge in [-0.3, -0.25) is 0 Å². The van der Waals surface area contributed by atoms with E-state index in [0.29, 0.717) is 12.5 Å². The van der Waals surface area contributed by atoms with Gasteiger partial charge < -0.3 is 14.8 Å². The monoisotopic (exact) mass is 245 g/mol. The molecule has 1 unspecified atom stereocenters. The van der Waals surface area contributed by atoms with Crippen molar-refractivity contribution in [2.45, 2.75) is 18.4 Å². The van der Waals surface area contributed by atoms with Crippen molar-refractivity contribution in [3.05, 3.63) is 29.8 Å². The summed E-state index contributed by atoms with van der Waals surface area (Å²) in [6, 6.07) is 8.22. The van der Waals surface area contributed by atoms with E-state index in [-0.39, 0.29) is 6.10 Å². The Bertz CT molecular complexity index is 407. The molecule has 1 aliphatic heterocycles. The lowest BCUT2D eigenvalue weighted by molar-refractivity contribution is 0.0422. The first-order chi connectivity index (χ1) is 8.85. The summed E-state index contributed by atoms with van der Waals surface area (Å²) < 4.78 is 10.9. The van der Waals surface area contributed by atoms with Crippen LogP contribution in [0, 0.1) is 12.3 Å². The van der Waals surface area contributed by atoms with E-state index in [1.165, 1.54) is 5.56 Å². The van der Waals surface area contributed by atoms with E-state index in [9.17, 15) is 0 Å². The highest BCUT2D eigenvalue weighted by Crippen LogP contribution is 2.28. The Morgan fingerprint density at radius 1 is 1.39 bits per heavy atom. The van der Waals surface area contributed by atoms with Crippen molar-refractivity contribution in [1.29, 1.82) is 0 Å². The maximum absolute atomic E-state index is 5.73. The van der Waals surface area contributed by atoms with Crippen LogP contribution in [0.3, 0.4) is 0 Å². The SMILES string of the molecule is C#CCO[C@@H]1CNCCC1c1ccc(OC)cc1. The fourth-order valence-electron chi connectivity index (χ4n) is 2.39. The Balaban J connectivity index is 2.09. The fourth-order valence-corrected chi connectivity index (χ4v) is 2.39. The first kappa shape index (κ1) is 12.9. The molecule has 0 aliphatic carbocycles. The summed E-state index contributed by atoms with van der Waals surface area (Å²) in [4.78, 5) is 0. The number of nitrogens with one attached hydrogen (secondary N) is 1. The molecule has 1 aliphatic rings. The number of methoxy groups -OCH3 is 1. The first-order valence-corrected chi connectivity index (χ1v) is 6.25. The molecule has 0 bridgehead atoms. The van der Waals surface area contributed by atoms with E-state index in [1.807, 2.05) is 12.1 Å². The predicted octanol–water partition coefficient (Wildman–Crippen LogP) is 1.79. The Morgan fingerprint density at radius 2 is 2.17 bits per heavy atom. The molecule has 3 heteroatoms. The van der Waals surface area contributed by atoms with Crippen molar-refractivity contribution in [3.63, 3.8) is 0 Å². The molecule has 0 spiro atoms. The number of hydrogen-bond acceptors (Lipinski definition) is 3. The van der Waals surface area contributed by atoms with Gasteiger partial charge in [0.05, 0.1) is 13.2 Å². The molecule has 1 saturated heterocycles. The van der Waals surface area contributed by atoms with Crippen LogP contribution >= 0.6 is 0 Å². The van der Waals surface area contributed by atoms with E-state index in [4.69, 9.17) is 15.9 Å². The highest BCUT2D eigenvalue weighted by Gasteiger charge is 2.26. The Labute approximate surface area is 108 Å². The predicted molar refractivity (Wildman–Crippen MR) is 71.8 cm³/mol. The minimum Gasteiger partial charge on any atom is -0.497 e. The number of terminal acetylenes is 1. The van der Waals surface area contributed by atoms with Crippen LogP contribution < -0.4 is 10.1 Å². The normalized spacial score (nSPS) is 23.3. The molecule has 18 heavy (non-hydrogen) atoms. The van der Waals surface area contributed by atoms with Crippen LogP contribution in [0.1, 0.15) is 17.9 Å². The van der Waals surface area contributed by atoms with Gasteiger partial charge in [-0.1, -0.05) is 18.1 Å². The van der Waals surface area contributed by atoms with Crippen LogP contribution in [0.4, 0.5) is 0 Å². The van der Waals surface area contributed by atoms with Crippen molar-refractivity contribution in [2.24, 2.45) is 0 Å². The maximum atomic E-state index is 5.73. The molecular weight excluding hydrogens is 226 g/mol. The third-order valence-corrected chi connectivity index (χ3v) is 3.35. The lowest BCUT2D eigenvalue weighted by Gasteiger charge is -2.32. The van der Waals surface area contributed by atoms with Crippen LogP contribution in [-0.2, 0) is 4.74 Å². The fraction of sp³-hybridized carbons (Fsp3) is 0.467. The van der Waals surface area contributed by atoms with Crippen LogP contribution in [0.25, 0.3) is 0 Å². The number of ether oxygens (including phenoxy) is 2. The van der Waals surface area contributed by atoms with Crippen molar-refractivity contribution >= 4 is 0 Å². The summed E-state index contributed by atoms with van der Waals surface area (Å²) in [5.74, 6) is 3.83. The highest BCUT2D eigenvalue weighted by molar-refractivity contribution is 5.30. The summed E-state index contributed by atoms with van der Waals surface area (Å²) >= 11 is 0. The van der Waals surface area contributed by atoms with E-state index >= 15 is 0 Å². The smallest absolute Gasteiger partial charge is 0.118 e. The second-order valence-electron chi connectivity index (χ2n) is 4.43. The van der Waals surface area contributed by atoms with Gasteiger partial charge in [-0.05, 0) is 30.7 Å². The Morgan fingerprint density at radius 3 is 2.83 bits per heavy atom. The molecule has 2 atom stereocenters. The third-order valence-electron chi connectivity index (χ3n) is 3.35. The van der Waals surface area contributed by atoms with Gasteiger partial charge in [0.25, 0.3) is 0 Å². The van der Waals surface area contributed by atoms with Gasteiger partial charge in [-0.2, -0.15) is 0 Å². The standard InChI is InChI=1S/C15H19NO2/c1-3-10-18-15-11-16-9-8-14(15)12-4-6-13(17-2)7-5-12/h1,4-7,14-16H,8-11H2,2H3/t14?,15-/m1/s1. The quantitative estimate of drug-likeness (QED) is 0.820. The van der Waals surface area contributed by atoms with Gasteiger partial charge in [0.2, 0.25) is 0 Å². The molecular formula is C15H19NO2. The number of benzene rings is 1. The average molecular weight is 245 g/mol. The lowest BCUT2D eigenvalue weighted by atomic mass is 9.88. The van der Waals surface area contributed by atoms with Gasteiger partial charge in [0, 0.05) is 12.5 Å². The van der Waals surface area contributed by atoms with Gasteiger partial charge >= 0.3 is 0 Å². The zero-order chi connectivity index (χ0) is 12.8. The minimum atomic E-state index is 0.156. The van der Waals surface area contributed by atoms with Gasteiger partial charge in [0.1, 0.15) is 12.4 Å². The highest BCUT2D eigenvalue weighted by atomic mass is 16.5. The largest absolute Gasteiger partial charge is 0.497 e. The summed E-state index contributed by atoms with van der Waals surface area (Å²) in [5, 5.41) is 3.35. The molecule has 1 aromatic carbocycles. The van der Waals surface area contributed by atoms with E-state index in [2.05, 4.69) is 23.4 Å². The van der Waals surface area contributed by atoms with Gasteiger partial charge in [-0.25, -0.2) is 0 Å². The molecule has 0 amide bonds. The molecule has 1 heterocycles. The van der Waals surface area contributed by atoms with E-state index in [1.54, 1.807) is 7.11 Å². The van der Waals surface area contributed by atoms with Crippen molar-refractivity contribution in [1.82, 2.24) is 5.32 Å². The van der Waals surface area contributed by atoms with Crippen molar-refractivity contribution in [2.75, 3.05) is 26.8 Å². The Kier molecular flexibility index (Phi) is 4.63. The molecule has 0 aromatic heterocycles. The topological polar surface area (TPSA) is 30.5 Å². The summed E-state index contributed by atoms with van der Waals surface area (Å²) in [6.07, 6.45) is 6.48. The summed E-state index contributed by atoms with van der Waals surface area (Å²) in [7, 11) is 1.68. The summed E-state index contributed by atoms with van der Waals surface area (Å²) in [5.41, 5.74) is 1.29. The minimum absolute atomic E-state index is 0.156. The summed E-state index contributed by atoms with van der Waals surface area (Å²) in [6.45, 7) is 2.25. The van der Waals surface area contributed by atoms with E-state index < -0.39 is 0 Å². The van der Waals surface area contributed by atoms with Gasteiger partial charge in [-0.15, -0.1) is 6.42 Å². The zero-order valence-electron chi connectivity index (χ0n) is 10.7. The average Bonchev–Trinajstić information content (AvgIpc) is 2.45. The van der Waals surface area contributed by atoms with E-state index in [0.717, 1.165) is 25.3 Å². The number of hydrogen-bond donors (Lipinski definition) is 1. The van der Waals surface area contributed by atoms with Crippen molar-refractivity contribution < 1.29 is 9.47 Å². The van der Waals surface area contributed by atoms with Crippen LogP contribution in [-0.4, -0.2) is 32.9 Å². The van der Waals surface area contributed by atoms with Crippen LogP contribution in [0.2, 0.25) is 0 Å². The third kappa shape index (κ3) is 3.04. The first-order valence-electron chi connectivity index (χ1n) is 6.25. The molecule has 1 aromatic rings. The van der Waals surface area contributed by atoms with Gasteiger partial charge in [0.15, 0.2) is 0 Å². The van der Waals surface area contributed by atoms with Crippen molar-refractivity contribution in [3.8, 4) is 18.1 Å². The molecule has 1 N–H and O–H groups in total. The molecule has 96 valence electrons. The number of rotatable bonds is 4. The second-order valence-corrected chi connectivity index (χ2v) is 4.43. The van der Waals surface area contributed by atoms with Crippen LogP contribution in [0.5, 0.6) is 5.75 Å². The molecule has 0 saturated carbocycles. The second kappa shape index (κ2) is 6.44. The zero-order valence-corrected chi connectivity index (χ0v) is 10.7. The maximum Gasteiger partial charge on any atom is 0.118 e.